The molecule has 1 aromatic carbocycles. The van der Waals surface area contributed by atoms with Gasteiger partial charge in [-0.1, -0.05) is 66.7 Å². The third-order valence-corrected chi connectivity index (χ3v) is 6.76. The Morgan fingerprint density at radius 2 is 1.28 bits per heavy atom. The summed E-state index contributed by atoms with van der Waals surface area (Å²) in [5, 5.41) is 35.0. The second-order valence-corrected chi connectivity index (χ2v) is 12.1. The second kappa shape index (κ2) is 10.5. The normalized spacial score (nSPS) is 12.3. The number of nitro benzene ring substituents is 1. The van der Waals surface area contributed by atoms with Gasteiger partial charge >= 0.3 is 5.82 Å². The van der Waals surface area contributed by atoms with Gasteiger partial charge in [0.25, 0.3) is 11.4 Å². The van der Waals surface area contributed by atoms with Crippen LogP contribution in [0.25, 0.3) is 0 Å². The van der Waals surface area contributed by atoms with Crippen LogP contribution in [0, 0.1) is 30.3 Å². The minimum atomic E-state index is -0.777. The molecule has 0 aliphatic rings. The lowest BCUT2D eigenvalue weighted by Gasteiger charge is -2.27. The number of hydrogen-bond acceptors (Lipinski definition) is 8. The molecular weight excluding hydrogens is 502 g/mol. The van der Waals surface area contributed by atoms with Crippen molar-refractivity contribution in [3.63, 3.8) is 0 Å². The summed E-state index contributed by atoms with van der Waals surface area (Å²) in [6.45, 7) is 13.2. The molecule has 0 aliphatic heterocycles. The van der Waals surface area contributed by atoms with Crippen molar-refractivity contribution in [1.29, 1.82) is 0 Å². The number of hydrogen-bond donors (Lipinski definition) is 0. The van der Waals surface area contributed by atoms with Gasteiger partial charge in [0.1, 0.15) is 0 Å². The first-order valence-electron chi connectivity index (χ1n) is 12.5. The minimum absolute atomic E-state index is 0.0279. The monoisotopic (exact) mass is 535 g/mol. The average Bonchev–Trinajstić information content (AvgIpc) is 2.82. The third-order valence-electron chi connectivity index (χ3n) is 6.76. The quantitative estimate of drug-likeness (QED) is 0.221. The highest BCUT2D eigenvalue weighted by Gasteiger charge is 2.33. The predicted octanol–water partition coefficient (Wildman–Crippen LogP) is 6.54. The zero-order valence-electron chi connectivity index (χ0n) is 23.2. The summed E-state index contributed by atoms with van der Waals surface area (Å²) in [5.41, 5.74) is 0.520. The van der Waals surface area contributed by atoms with E-state index in [9.17, 15) is 30.3 Å². The number of pyridine rings is 2. The Bertz CT molecular complexity index is 1440. The lowest BCUT2D eigenvalue weighted by Crippen LogP contribution is -2.26. The number of para-hydroxylation sites is 1. The largest absolute Gasteiger partial charge is 0.363 e. The van der Waals surface area contributed by atoms with Crippen LogP contribution in [0.3, 0.4) is 0 Å². The van der Waals surface area contributed by atoms with E-state index in [2.05, 4.69) is 4.98 Å². The lowest BCUT2D eigenvalue weighted by molar-refractivity contribution is -0.389. The van der Waals surface area contributed by atoms with E-state index in [4.69, 9.17) is 4.98 Å². The number of aromatic nitrogens is 2. The molecule has 2 heterocycles. The summed E-state index contributed by atoms with van der Waals surface area (Å²) >= 11 is 0. The third kappa shape index (κ3) is 6.78. The van der Waals surface area contributed by atoms with Gasteiger partial charge in [0, 0.05) is 52.8 Å². The fraction of sp³-hybridized carbons (Fsp3) is 0.429. The number of nitro groups is 3. The van der Waals surface area contributed by atoms with Crippen LogP contribution in [-0.4, -0.2) is 24.7 Å². The molecule has 0 saturated carbocycles. The Morgan fingerprint density at radius 1 is 0.692 bits per heavy atom. The Balaban J connectivity index is 2.06. The Kier molecular flexibility index (Phi) is 7.86. The van der Waals surface area contributed by atoms with Crippen molar-refractivity contribution >= 4 is 17.2 Å². The zero-order chi connectivity index (χ0) is 29.3. The molecule has 0 radical (unpaired) electrons. The first-order chi connectivity index (χ1) is 17.9. The van der Waals surface area contributed by atoms with Crippen LogP contribution in [0.2, 0.25) is 0 Å². The maximum Gasteiger partial charge on any atom is 0.363 e. The molecule has 0 spiro atoms. The van der Waals surface area contributed by atoms with Crippen molar-refractivity contribution in [3.8, 4) is 0 Å². The van der Waals surface area contributed by atoms with Crippen LogP contribution < -0.4 is 0 Å². The van der Waals surface area contributed by atoms with Crippen LogP contribution in [0.1, 0.15) is 76.7 Å². The Hall–Kier alpha value is -4.28. The van der Waals surface area contributed by atoms with Crippen molar-refractivity contribution in [2.24, 2.45) is 0 Å². The van der Waals surface area contributed by atoms with Gasteiger partial charge in [-0.25, -0.2) is 0 Å². The molecule has 0 saturated heterocycles. The van der Waals surface area contributed by atoms with Crippen LogP contribution in [0.4, 0.5) is 17.2 Å². The first-order valence-corrected chi connectivity index (χ1v) is 12.5. The van der Waals surface area contributed by atoms with Gasteiger partial charge in [-0.2, -0.15) is 0 Å². The molecule has 0 atom stereocenters. The Labute approximate surface area is 226 Å². The number of rotatable bonds is 9. The van der Waals surface area contributed by atoms with Crippen molar-refractivity contribution in [2.45, 2.75) is 77.6 Å². The summed E-state index contributed by atoms with van der Waals surface area (Å²) in [5.74, 6) is -0.257. The molecule has 11 heteroatoms. The van der Waals surface area contributed by atoms with Crippen molar-refractivity contribution in [3.05, 3.63) is 107 Å². The van der Waals surface area contributed by atoms with Crippen LogP contribution >= 0.6 is 0 Å². The molecule has 3 rings (SSSR count). The molecule has 0 aliphatic carbocycles. The van der Waals surface area contributed by atoms with Gasteiger partial charge in [-0.05, 0) is 33.4 Å². The van der Waals surface area contributed by atoms with E-state index in [0.29, 0.717) is 22.6 Å². The fourth-order valence-corrected chi connectivity index (χ4v) is 4.60. The van der Waals surface area contributed by atoms with Crippen molar-refractivity contribution in [1.82, 2.24) is 9.97 Å². The smallest absolute Gasteiger partial charge is 0.358 e. The summed E-state index contributed by atoms with van der Waals surface area (Å²) < 4.78 is 0. The van der Waals surface area contributed by atoms with E-state index in [1.165, 1.54) is 24.3 Å². The molecule has 206 valence electrons. The summed E-state index contributed by atoms with van der Waals surface area (Å²) in [4.78, 5) is 42.6. The van der Waals surface area contributed by atoms with Gasteiger partial charge in [-0.15, -0.1) is 0 Å². The molecule has 0 bridgehead atoms. The fourth-order valence-electron chi connectivity index (χ4n) is 4.60. The zero-order valence-corrected chi connectivity index (χ0v) is 23.2. The van der Waals surface area contributed by atoms with Crippen molar-refractivity contribution < 1.29 is 14.8 Å². The Morgan fingerprint density at radius 3 is 1.85 bits per heavy atom. The highest BCUT2D eigenvalue weighted by molar-refractivity contribution is 5.46. The van der Waals surface area contributed by atoms with E-state index in [0.717, 1.165) is 5.56 Å². The second-order valence-electron chi connectivity index (χ2n) is 12.1. The number of benzene rings is 1. The summed E-state index contributed by atoms with van der Waals surface area (Å²) in [6, 6.07) is 12.5. The average molecular weight is 536 g/mol. The number of nitrogens with zero attached hydrogens (tertiary/aromatic N) is 5. The molecular formula is C28H33N5O6. The standard InChI is InChI=1S/C28H33N5O6/c1-26(2,3)18-12-19(30-25(13-18)33(38)39)17-28(6,7)24-15-21(31(34)35)14-20(29-24)16-27(4,5)22-10-8-9-11-23(22)32(36)37/h8-15H,16-17H2,1-7H3. The highest BCUT2D eigenvalue weighted by Crippen LogP contribution is 2.36. The van der Waals surface area contributed by atoms with Crippen LogP contribution in [0.5, 0.6) is 0 Å². The minimum Gasteiger partial charge on any atom is -0.358 e. The van der Waals surface area contributed by atoms with E-state index in [-0.39, 0.29) is 35.4 Å². The molecule has 11 nitrogen and oxygen atoms in total. The van der Waals surface area contributed by atoms with Gasteiger partial charge in [-0.3, -0.25) is 25.2 Å². The molecule has 0 N–H and O–H groups in total. The first kappa shape index (κ1) is 29.3. The molecule has 39 heavy (non-hydrogen) atoms. The molecule has 3 aromatic rings. The summed E-state index contributed by atoms with van der Waals surface area (Å²) in [6.07, 6.45) is 0.463. The van der Waals surface area contributed by atoms with E-state index >= 15 is 0 Å². The topological polar surface area (TPSA) is 155 Å². The maximum atomic E-state index is 11.8. The van der Waals surface area contributed by atoms with Crippen LogP contribution in [0.15, 0.2) is 48.5 Å². The predicted molar refractivity (Wildman–Crippen MR) is 147 cm³/mol. The SMILES string of the molecule is CC(C)(C)c1cc(CC(C)(C)c2cc([N+](=O)[O-])cc(CC(C)(C)c3ccccc3[N+](=O)[O-])n2)nc([N+](=O)[O-])c1. The van der Waals surface area contributed by atoms with E-state index < -0.39 is 25.6 Å². The van der Waals surface area contributed by atoms with Crippen LogP contribution in [-0.2, 0) is 29.1 Å². The van der Waals surface area contributed by atoms with Crippen molar-refractivity contribution in [2.75, 3.05) is 0 Å². The molecule has 0 amide bonds. The van der Waals surface area contributed by atoms with E-state index in [1.807, 2.05) is 54.5 Å². The van der Waals surface area contributed by atoms with Gasteiger partial charge in [0.15, 0.2) is 5.69 Å². The molecule has 2 aromatic heterocycles. The van der Waals surface area contributed by atoms with E-state index in [1.54, 1.807) is 18.2 Å². The van der Waals surface area contributed by atoms with Gasteiger partial charge < -0.3 is 10.1 Å². The summed E-state index contributed by atoms with van der Waals surface area (Å²) in [7, 11) is 0. The van der Waals surface area contributed by atoms with Gasteiger partial charge in [0.2, 0.25) is 0 Å². The lowest BCUT2D eigenvalue weighted by atomic mass is 9.78. The maximum absolute atomic E-state index is 11.8. The highest BCUT2D eigenvalue weighted by atomic mass is 16.6. The van der Waals surface area contributed by atoms with Gasteiger partial charge in [0.05, 0.1) is 15.5 Å². The molecule has 0 fully saturated rings. The molecule has 0 unspecified atom stereocenters.